The molecule has 0 bridgehead atoms. The van der Waals surface area contributed by atoms with Crippen molar-refractivity contribution in [2.75, 3.05) is 6.61 Å². The Balaban J connectivity index is 1.61. The first kappa shape index (κ1) is 21.3. The predicted molar refractivity (Wildman–Crippen MR) is 122 cm³/mol. The van der Waals surface area contributed by atoms with Crippen LogP contribution < -0.4 is 0 Å². The second-order valence-electron chi connectivity index (χ2n) is 8.06. The zero-order valence-corrected chi connectivity index (χ0v) is 18.4. The van der Waals surface area contributed by atoms with Crippen LogP contribution >= 0.6 is 11.6 Å². The number of hydrogen-bond donors (Lipinski definition) is 0. The molecular formula is C25H25ClN2O3. The van der Waals surface area contributed by atoms with Gasteiger partial charge in [0.05, 0.1) is 16.8 Å². The number of aromatic nitrogens is 1. The summed E-state index contributed by atoms with van der Waals surface area (Å²) in [7, 11) is 0. The van der Waals surface area contributed by atoms with E-state index in [0.29, 0.717) is 27.2 Å². The summed E-state index contributed by atoms with van der Waals surface area (Å²) in [6.45, 7) is 3.81. The van der Waals surface area contributed by atoms with Gasteiger partial charge in [0.2, 0.25) is 0 Å². The van der Waals surface area contributed by atoms with Crippen molar-refractivity contribution in [1.82, 2.24) is 9.88 Å². The number of amides is 1. The minimum absolute atomic E-state index is 0.155. The number of nitrogens with zero attached hydrogens (tertiary/aromatic N) is 2. The van der Waals surface area contributed by atoms with Crippen molar-refractivity contribution in [1.29, 1.82) is 0 Å². The molecule has 1 saturated heterocycles. The van der Waals surface area contributed by atoms with Crippen LogP contribution in [0, 0.1) is 0 Å². The third kappa shape index (κ3) is 4.42. The number of hydrogen-bond acceptors (Lipinski definition) is 4. The van der Waals surface area contributed by atoms with E-state index in [1.54, 1.807) is 12.1 Å². The third-order valence-electron chi connectivity index (χ3n) is 5.89. The van der Waals surface area contributed by atoms with Gasteiger partial charge in [-0.25, -0.2) is 9.78 Å². The molecule has 5 nitrogen and oxygen atoms in total. The van der Waals surface area contributed by atoms with Crippen LogP contribution in [-0.4, -0.2) is 40.5 Å². The fourth-order valence-corrected chi connectivity index (χ4v) is 4.58. The second kappa shape index (κ2) is 9.06. The number of rotatable bonds is 4. The Kier molecular flexibility index (Phi) is 6.23. The smallest absolute Gasteiger partial charge is 0.339 e. The minimum Gasteiger partial charge on any atom is -0.452 e. The van der Waals surface area contributed by atoms with Crippen molar-refractivity contribution in [2.24, 2.45) is 0 Å². The number of pyridine rings is 1. The summed E-state index contributed by atoms with van der Waals surface area (Å²) in [6.07, 6.45) is 3.06. The highest BCUT2D eigenvalue weighted by atomic mass is 35.5. The first-order chi connectivity index (χ1) is 15.0. The Labute approximate surface area is 187 Å². The Morgan fingerprint density at radius 1 is 1.06 bits per heavy atom. The van der Waals surface area contributed by atoms with Gasteiger partial charge in [-0.1, -0.05) is 48.0 Å². The lowest BCUT2D eigenvalue weighted by Gasteiger charge is -2.38. The summed E-state index contributed by atoms with van der Waals surface area (Å²) in [5.74, 6) is -0.699. The van der Waals surface area contributed by atoms with E-state index in [1.807, 2.05) is 61.2 Å². The fraction of sp³-hybridized carbons (Fsp3) is 0.320. The molecule has 0 radical (unpaired) electrons. The average Bonchev–Trinajstić information content (AvgIpc) is 2.77. The molecular weight excluding hydrogens is 412 g/mol. The Hall–Kier alpha value is -2.92. The molecule has 2 atom stereocenters. The number of benzene rings is 2. The topological polar surface area (TPSA) is 59.5 Å². The number of halogens is 1. The number of ether oxygens (including phenoxy) is 1. The second-order valence-corrected chi connectivity index (χ2v) is 8.47. The van der Waals surface area contributed by atoms with Gasteiger partial charge >= 0.3 is 5.97 Å². The van der Waals surface area contributed by atoms with E-state index in [0.717, 1.165) is 24.8 Å². The largest absolute Gasteiger partial charge is 0.452 e. The van der Waals surface area contributed by atoms with Gasteiger partial charge in [0.25, 0.3) is 5.91 Å². The maximum atomic E-state index is 13.0. The van der Waals surface area contributed by atoms with E-state index in [1.165, 1.54) is 0 Å². The number of para-hydroxylation sites is 1. The average molecular weight is 437 g/mol. The number of carbonyl (C=O) groups excluding carboxylic acids is 2. The molecule has 2 unspecified atom stereocenters. The predicted octanol–water partition coefficient (Wildman–Crippen LogP) is 5.50. The molecule has 6 heteroatoms. The molecule has 1 amide bonds. The summed E-state index contributed by atoms with van der Waals surface area (Å²) in [5.41, 5.74) is 2.35. The zero-order chi connectivity index (χ0) is 22.0. The molecule has 0 saturated carbocycles. The lowest BCUT2D eigenvalue weighted by molar-refractivity contribution is -0.140. The molecule has 1 aromatic heterocycles. The van der Waals surface area contributed by atoms with Crippen molar-refractivity contribution in [3.8, 4) is 11.3 Å². The number of carbonyl (C=O) groups is 2. The standard InChI is InChI=1S/C25H25ClN2O3/c1-16-8-7-9-17(2)28(16)24(29)15-31-25(30)20-14-23(19-11-3-5-12-21(19)26)27-22-13-6-4-10-18(20)22/h3-6,10-14,16-17H,7-9,15H2,1-2H3. The molecule has 1 aliphatic heterocycles. The van der Waals surface area contributed by atoms with Crippen LogP contribution in [0.1, 0.15) is 43.5 Å². The van der Waals surface area contributed by atoms with Crippen LogP contribution in [0.3, 0.4) is 0 Å². The highest BCUT2D eigenvalue weighted by Crippen LogP contribution is 2.30. The van der Waals surface area contributed by atoms with Gasteiger partial charge in [0, 0.05) is 28.1 Å². The fourth-order valence-electron chi connectivity index (χ4n) is 4.34. The lowest BCUT2D eigenvalue weighted by atomic mass is 9.97. The molecule has 3 aromatic rings. The SMILES string of the molecule is CC1CCCC(C)N1C(=O)COC(=O)c1cc(-c2ccccc2Cl)nc2ccccc12. The van der Waals surface area contributed by atoms with Gasteiger partial charge in [-0.15, -0.1) is 0 Å². The van der Waals surface area contributed by atoms with Crippen LogP contribution in [0.15, 0.2) is 54.6 Å². The molecule has 4 rings (SSSR count). The van der Waals surface area contributed by atoms with E-state index in [2.05, 4.69) is 4.98 Å². The molecule has 1 aliphatic rings. The van der Waals surface area contributed by atoms with Crippen molar-refractivity contribution < 1.29 is 14.3 Å². The van der Waals surface area contributed by atoms with Crippen LogP contribution in [0.2, 0.25) is 5.02 Å². The van der Waals surface area contributed by atoms with E-state index in [4.69, 9.17) is 16.3 Å². The van der Waals surface area contributed by atoms with Crippen molar-refractivity contribution in [3.05, 3.63) is 65.2 Å². The van der Waals surface area contributed by atoms with E-state index < -0.39 is 5.97 Å². The van der Waals surface area contributed by atoms with Gasteiger partial charge in [0.1, 0.15) is 0 Å². The van der Waals surface area contributed by atoms with E-state index in [9.17, 15) is 9.59 Å². The minimum atomic E-state index is -0.544. The van der Waals surface area contributed by atoms with Crippen molar-refractivity contribution >= 4 is 34.4 Å². The van der Waals surface area contributed by atoms with Gasteiger partial charge in [-0.2, -0.15) is 0 Å². The van der Waals surface area contributed by atoms with Gasteiger partial charge in [-0.3, -0.25) is 4.79 Å². The Bertz CT molecular complexity index is 1120. The summed E-state index contributed by atoms with van der Waals surface area (Å²) in [5, 5.41) is 1.23. The Morgan fingerprint density at radius 2 is 1.74 bits per heavy atom. The molecule has 0 spiro atoms. The lowest BCUT2D eigenvalue weighted by Crippen LogP contribution is -2.49. The highest BCUT2D eigenvalue weighted by molar-refractivity contribution is 6.33. The first-order valence-electron chi connectivity index (χ1n) is 10.6. The normalized spacial score (nSPS) is 18.7. The maximum Gasteiger partial charge on any atom is 0.339 e. The van der Waals surface area contributed by atoms with Gasteiger partial charge in [-0.05, 0) is 51.3 Å². The van der Waals surface area contributed by atoms with Crippen molar-refractivity contribution in [3.63, 3.8) is 0 Å². The molecule has 31 heavy (non-hydrogen) atoms. The van der Waals surface area contributed by atoms with E-state index >= 15 is 0 Å². The summed E-state index contributed by atoms with van der Waals surface area (Å²) in [6, 6.07) is 16.7. The summed E-state index contributed by atoms with van der Waals surface area (Å²) < 4.78 is 5.48. The monoisotopic (exact) mass is 436 g/mol. The molecule has 160 valence electrons. The number of piperidine rings is 1. The summed E-state index contributed by atoms with van der Waals surface area (Å²) in [4.78, 5) is 32.3. The maximum absolute atomic E-state index is 13.0. The van der Waals surface area contributed by atoms with Gasteiger partial charge in [0.15, 0.2) is 6.61 Å². The number of fused-ring (bicyclic) bond motifs is 1. The van der Waals surface area contributed by atoms with Crippen LogP contribution in [0.25, 0.3) is 22.2 Å². The Morgan fingerprint density at radius 3 is 2.48 bits per heavy atom. The molecule has 2 heterocycles. The number of likely N-dealkylation sites (tertiary alicyclic amines) is 1. The third-order valence-corrected chi connectivity index (χ3v) is 6.22. The molecule has 0 aliphatic carbocycles. The van der Waals surface area contributed by atoms with Gasteiger partial charge < -0.3 is 9.64 Å². The zero-order valence-electron chi connectivity index (χ0n) is 17.7. The molecule has 0 N–H and O–H groups in total. The van der Waals surface area contributed by atoms with Crippen molar-refractivity contribution in [2.45, 2.75) is 45.2 Å². The van der Waals surface area contributed by atoms with Crippen LogP contribution in [0.5, 0.6) is 0 Å². The quantitative estimate of drug-likeness (QED) is 0.506. The summed E-state index contributed by atoms with van der Waals surface area (Å²) >= 11 is 6.35. The first-order valence-corrected chi connectivity index (χ1v) is 11.0. The van der Waals surface area contributed by atoms with E-state index in [-0.39, 0.29) is 24.6 Å². The van der Waals surface area contributed by atoms with Crippen LogP contribution in [0.4, 0.5) is 0 Å². The molecule has 1 fully saturated rings. The molecule has 2 aromatic carbocycles. The highest BCUT2D eigenvalue weighted by Gasteiger charge is 2.29. The number of esters is 1. The van der Waals surface area contributed by atoms with Crippen LogP contribution in [-0.2, 0) is 9.53 Å².